The van der Waals surface area contributed by atoms with E-state index in [4.69, 9.17) is 4.74 Å². The normalized spacial score (nSPS) is 23.8. The Labute approximate surface area is 146 Å². The van der Waals surface area contributed by atoms with Crippen molar-refractivity contribution in [1.82, 2.24) is 19.8 Å². The van der Waals surface area contributed by atoms with E-state index in [9.17, 15) is 14.4 Å². The number of nitrogens with one attached hydrogen (secondary N) is 1. The minimum absolute atomic E-state index is 0.00263. The lowest BCUT2D eigenvalue weighted by Gasteiger charge is -2.29. The summed E-state index contributed by atoms with van der Waals surface area (Å²) in [5.74, 6) is -0.339. The monoisotopic (exact) mass is 348 g/mol. The Balaban J connectivity index is 1.87. The van der Waals surface area contributed by atoms with Crippen molar-refractivity contribution in [2.75, 3.05) is 33.4 Å². The summed E-state index contributed by atoms with van der Waals surface area (Å²) in [6.07, 6.45) is 0.665. The molecular formula is C17H24N4O4. The van der Waals surface area contributed by atoms with Crippen molar-refractivity contribution in [2.45, 2.75) is 26.3 Å². The fourth-order valence-electron chi connectivity index (χ4n) is 3.39. The number of nitrogens with zero attached hydrogens (tertiary/aromatic N) is 3. The molecule has 3 rings (SSSR count). The van der Waals surface area contributed by atoms with Gasteiger partial charge in [-0.05, 0) is 18.4 Å². The summed E-state index contributed by atoms with van der Waals surface area (Å²) in [6, 6.07) is 1.47. The smallest absolute Gasteiger partial charge is 0.345 e. The van der Waals surface area contributed by atoms with Crippen molar-refractivity contribution in [2.24, 2.45) is 11.8 Å². The summed E-state index contributed by atoms with van der Waals surface area (Å²) in [5.41, 5.74) is 0.313. The summed E-state index contributed by atoms with van der Waals surface area (Å²) in [4.78, 5) is 47.0. The molecule has 2 aliphatic heterocycles. The van der Waals surface area contributed by atoms with Crippen LogP contribution in [0, 0.1) is 11.8 Å². The van der Waals surface area contributed by atoms with Crippen LogP contribution in [0.15, 0.2) is 10.9 Å². The fraction of sp³-hybridized carbons (Fsp3) is 0.647. The van der Waals surface area contributed by atoms with Crippen molar-refractivity contribution in [3.8, 4) is 0 Å². The first kappa shape index (κ1) is 17.6. The molecule has 2 amide bonds. The third-order valence-electron chi connectivity index (χ3n) is 4.68. The molecule has 2 bridgehead atoms. The number of H-pyrrole nitrogens is 1. The maximum Gasteiger partial charge on any atom is 0.345 e. The quantitative estimate of drug-likeness (QED) is 0.823. The average Bonchev–Trinajstić information content (AvgIpc) is 2.71. The SMILES string of the molecule is CC(C)Cc1cc(C(=O)N2C[C@@H]3COC[C@H](C2)N(C)C3=O)nc(=O)[nH]1. The number of hydrogen-bond acceptors (Lipinski definition) is 5. The van der Waals surface area contributed by atoms with E-state index >= 15 is 0 Å². The molecule has 0 aliphatic carbocycles. The molecule has 25 heavy (non-hydrogen) atoms. The number of rotatable bonds is 3. The number of fused-ring (bicyclic) bond motifs is 3. The zero-order valence-electron chi connectivity index (χ0n) is 14.8. The van der Waals surface area contributed by atoms with Crippen LogP contribution < -0.4 is 5.69 Å². The molecule has 0 radical (unpaired) electrons. The average molecular weight is 348 g/mol. The molecule has 1 N–H and O–H groups in total. The van der Waals surface area contributed by atoms with Gasteiger partial charge in [-0.25, -0.2) is 4.79 Å². The molecule has 8 heteroatoms. The summed E-state index contributed by atoms with van der Waals surface area (Å²) >= 11 is 0. The molecule has 2 fully saturated rings. The number of amides is 2. The summed E-state index contributed by atoms with van der Waals surface area (Å²) in [5, 5.41) is 0. The van der Waals surface area contributed by atoms with Crippen molar-refractivity contribution >= 4 is 11.8 Å². The summed E-state index contributed by atoms with van der Waals surface area (Å²) in [7, 11) is 1.74. The predicted octanol–water partition coefficient (Wildman–Crippen LogP) is -0.102. The molecule has 2 aliphatic rings. The maximum atomic E-state index is 12.9. The molecule has 2 atom stereocenters. The van der Waals surface area contributed by atoms with Crippen LogP contribution in [0.1, 0.15) is 30.0 Å². The van der Waals surface area contributed by atoms with Crippen LogP contribution in [-0.2, 0) is 16.0 Å². The van der Waals surface area contributed by atoms with Gasteiger partial charge in [0.25, 0.3) is 5.91 Å². The van der Waals surface area contributed by atoms with E-state index < -0.39 is 5.69 Å². The van der Waals surface area contributed by atoms with Crippen molar-refractivity contribution in [1.29, 1.82) is 0 Å². The van der Waals surface area contributed by atoms with Gasteiger partial charge in [0.05, 0.1) is 25.2 Å². The van der Waals surface area contributed by atoms with Gasteiger partial charge in [-0.2, -0.15) is 4.98 Å². The molecule has 136 valence electrons. The Kier molecular flexibility index (Phi) is 4.89. The highest BCUT2D eigenvalue weighted by molar-refractivity contribution is 5.93. The van der Waals surface area contributed by atoms with Crippen LogP contribution in [0.25, 0.3) is 0 Å². The molecule has 1 aromatic rings. The van der Waals surface area contributed by atoms with E-state index in [0.29, 0.717) is 37.8 Å². The first-order chi connectivity index (χ1) is 11.8. The van der Waals surface area contributed by atoms with Gasteiger partial charge in [-0.3, -0.25) is 9.59 Å². The van der Waals surface area contributed by atoms with Crippen LogP contribution in [0.2, 0.25) is 0 Å². The van der Waals surface area contributed by atoms with Crippen LogP contribution in [0.5, 0.6) is 0 Å². The number of likely N-dealkylation sites (N-methyl/N-ethyl adjacent to an activating group) is 1. The summed E-state index contributed by atoms with van der Waals surface area (Å²) < 4.78 is 5.55. The first-order valence-electron chi connectivity index (χ1n) is 8.59. The molecular weight excluding hydrogens is 324 g/mol. The van der Waals surface area contributed by atoms with E-state index in [1.54, 1.807) is 22.9 Å². The molecule has 3 heterocycles. The number of aromatic amines is 1. The minimum Gasteiger partial charge on any atom is -0.378 e. The number of carbonyl (C=O) groups excluding carboxylic acids is 2. The van der Waals surface area contributed by atoms with Gasteiger partial charge in [0.15, 0.2) is 0 Å². The van der Waals surface area contributed by atoms with Gasteiger partial charge in [0.1, 0.15) is 5.69 Å². The zero-order chi connectivity index (χ0) is 18.1. The molecule has 0 aromatic carbocycles. The lowest BCUT2D eigenvalue weighted by molar-refractivity contribution is -0.133. The van der Waals surface area contributed by atoms with Crippen molar-refractivity contribution in [3.05, 3.63) is 27.9 Å². The second kappa shape index (κ2) is 6.95. The Morgan fingerprint density at radius 2 is 2.12 bits per heavy atom. The Morgan fingerprint density at radius 3 is 2.84 bits per heavy atom. The van der Waals surface area contributed by atoms with E-state index in [2.05, 4.69) is 9.97 Å². The lowest BCUT2D eigenvalue weighted by Crippen LogP contribution is -2.45. The van der Waals surface area contributed by atoms with E-state index in [1.807, 2.05) is 13.8 Å². The number of hydrogen-bond donors (Lipinski definition) is 1. The van der Waals surface area contributed by atoms with Gasteiger partial charge in [-0.1, -0.05) is 13.8 Å². The van der Waals surface area contributed by atoms with E-state index in [-0.39, 0.29) is 36.0 Å². The topological polar surface area (TPSA) is 95.6 Å². The lowest BCUT2D eigenvalue weighted by atomic mass is 10.1. The third kappa shape index (κ3) is 3.73. The molecule has 0 spiro atoms. The number of carbonyl (C=O) groups is 2. The number of aromatic nitrogens is 2. The third-order valence-corrected chi connectivity index (χ3v) is 4.68. The highest BCUT2D eigenvalue weighted by Crippen LogP contribution is 2.21. The molecule has 0 unspecified atom stereocenters. The van der Waals surface area contributed by atoms with Gasteiger partial charge in [-0.15, -0.1) is 0 Å². The van der Waals surface area contributed by atoms with Crippen LogP contribution >= 0.6 is 0 Å². The van der Waals surface area contributed by atoms with Crippen LogP contribution in [-0.4, -0.2) is 71.0 Å². The van der Waals surface area contributed by atoms with Crippen LogP contribution in [0.3, 0.4) is 0 Å². The molecule has 8 nitrogen and oxygen atoms in total. The largest absolute Gasteiger partial charge is 0.378 e. The van der Waals surface area contributed by atoms with Crippen molar-refractivity contribution in [3.63, 3.8) is 0 Å². The van der Waals surface area contributed by atoms with Gasteiger partial charge >= 0.3 is 5.69 Å². The first-order valence-corrected chi connectivity index (χ1v) is 8.59. The Bertz CT molecular complexity index is 730. The molecule has 0 saturated carbocycles. The minimum atomic E-state index is -0.520. The Morgan fingerprint density at radius 1 is 1.36 bits per heavy atom. The van der Waals surface area contributed by atoms with Gasteiger partial charge < -0.3 is 19.5 Å². The van der Waals surface area contributed by atoms with E-state index in [0.717, 1.165) is 0 Å². The fourth-order valence-corrected chi connectivity index (χ4v) is 3.39. The van der Waals surface area contributed by atoms with Crippen molar-refractivity contribution < 1.29 is 14.3 Å². The van der Waals surface area contributed by atoms with Gasteiger partial charge in [0, 0.05) is 25.8 Å². The highest BCUT2D eigenvalue weighted by atomic mass is 16.5. The maximum absolute atomic E-state index is 12.9. The summed E-state index contributed by atoms with van der Waals surface area (Å²) in [6.45, 7) is 5.46. The van der Waals surface area contributed by atoms with E-state index in [1.165, 1.54) is 0 Å². The standard InChI is InChI=1S/C17H24N4O4/c1-10(2)4-12-5-14(19-17(24)18-12)16(23)21-6-11-8-25-9-13(7-21)20(3)15(11)22/h5,10-11,13H,4,6-9H2,1-3H3,(H,18,19,24)/t11-,13+/m1/s1. The van der Waals surface area contributed by atoms with Crippen LogP contribution in [0.4, 0.5) is 0 Å². The highest BCUT2D eigenvalue weighted by Gasteiger charge is 2.39. The molecule has 1 aromatic heterocycles. The second-order valence-electron chi connectivity index (χ2n) is 7.24. The predicted molar refractivity (Wildman–Crippen MR) is 90.2 cm³/mol. The number of ether oxygens (including phenoxy) is 1. The zero-order valence-corrected chi connectivity index (χ0v) is 14.8. The Hall–Kier alpha value is -2.22. The molecule has 2 saturated heterocycles. The van der Waals surface area contributed by atoms with Gasteiger partial charge in [0.2, 0.25) is 5.91 Å². The second-order valence-corrected chi connectivity index (χ2v) is 7.24.